The summed E-state index contributed by atoms with van der Waals surface area (Å²) in [4.78, 5) is 36.0. The maximum atomic E-state index is 12.9. The van der Waals surface area contributed by atoms with Crippen molar-refractivity contribution in [3.05, 3.63) is 36.5 Å². The number of ether oxygens (including phenoxy) is 2. The number of likely N-dealkylation sites (N-methyl/N-ethyl adjacent to an activating group) is 1. The Morgan fingerprint density at radius 3 is 0.833 bits per heavy atom. The quantitative estimate of drug-likeness (QED) is 0.0211. The van der Waals surface area contributed by atoms with Crippen LogP contribution in [0.25, 0.3) is 0 Å². The first kappa shape index (κ1) is 94.2. The number of quaternary nitrogens is 1. The first-order valence-corrected chi connectivity index (χ1v) is 44.2. The minimum atomic E-state index is -4.39. The highest BCUT2D eigenvalue weighted by atomic mass is 31.2. The van der Waals surface area contributed by atoms with Gasteiger partial charge in [0, 0.05) is 12.8 Å². The lowest BCUT2D eigenvalue weighted by atomic mass is 10.0. The highest BCUT2D eigenvalue weighted by molar-refractivity contribution is 7.47. The summed E-state index contributed by atoms with van der Waals surface area (Å²) in [5, 5.41) is 0. The molecular weight excluding hydrogens is 1210 g/mol. The van der Waals surface area contributed by atoms with Crippen LogP contribution in [0.1, 0.15) is 450 Å². The van der Waals surface area contributed by atoms with Gasteiger partial charge in [-0.05, 0) is 70.6 Å². The number of carbonyl (C=O) groups excluding carboxylic acids is 2. The molecule has 0 saturated carbocycles. The lowest BCUT2D eigenvalue weighted by Crippen LogP contribution is -2.37. The topological polar surface area (TPSA) is 108 Å². The van der Waals surface area contributed by atoms with Gasteiger partial charge in [-0.1, -0.05) is 403 Å². The second-order valence-electron chi connectivity index (χ2n) is 30.6. The van der Waals surface area contributed by atoms with Crippen molar-refractivity contribution >= 4 is 19.8 Å². The molecule has 0 radical (unpaired) electrons. The van der Waals surface area contributed by atoms with Crippen LogP contribution in [-0.2, 0) is 32.7 Å². The molecular formula is C86H167NO8P+. The van der Waals surface area contributed by atoms with Gasteiger partial charge in [0.1, 0.15) is 19.8 Å². The van der Waals surface area contributed by atoms with Crippen LogP contribution in [0, 0.1) is 0 Å². The Kier molecular flexibility index (Phi) is 76.0. The molecule has 0 rings (SSSR count). The lowest BCUT2D eigenvalue weighted by molar-refractivity contribution is -0.870. The molecule has 2 atom stereocenters. The highest BCUT2D eigenvalue weighted by Crippen LogP contribution is 2.43. The molecule has 9 nitrogen and oxygen atoms in total. The van der Waals surface area contributed by atoms with E-state index in [1.54, 1.807) is 0 Å². The molecule has 96 heavy (non-hydrogen) atoms. The van der Waals surface area contributed by atoms with E-state index in [1.807, 2.05) is 21.1 Å². The van der Waals surface area contributed by atoms with Gasteiger partial charge < -0.3 is 18.9 Å². The molecule has 0 aliphatic rings. The largest absolute Gasteiger partial charge is 0.472 e. The summed E-state index contributed by atoms with van der Waals surface area (Å²) in [5.41, 5.74) is 0. The normalized spacial score (nSPS) is 13.1. The Morgan fingerprint density at radius 2 is 0.562 bits per heavy atom. The van der Waals surface area contributed by atoms with E-state index in [4.69, 9.17) is 18.5 Å². The predicted octanol–water partition coefficient (Wildman–Crippen LogP) is 28.5. The van der Waals surface area contributed by atoms with Crippen molar-refractivity contribution in [2.24, 2.45) is 0 Å². The summed E-state index contributed by atoms with van der Waals surface area (Å²) in [6.45, 7) is 4.51. The molecule has 0 aromatic carbocycles. The van der Waals surface area contributed by atoms with Gasteiger partial charge in [-0.3, -0.25) is 18.6 Å². The summed E-state index contributed by atoms with van der Waals surface area (Å²) in [5.74, 6) is -0.768. The monoisotopic (exact) mass is 1370 g/mol. The van der Waals surface area contributed by atoms with Crippen LogP contribution in [-0.4, -0.2) is 74.9 Å². The molecule has 0 fully saturated rings. The summed E-state index contributed by atoms with van der Waals surface area (Å²) >= 11 is 0. The van der Waals surface area contributed by atoms with Crippen LogP contribution in [0.15, 0.2) is 36.5 Å². The minimum Gasteiger partial charge on any atom is -0.462 e. The van der Waals surface area contributed by atoms with Gasteiger partial charge >= 0.3 is 19.8 Å². The smallest absolute Gasteiger partial charge is 0.462 e. The summed E-state index contributed by atoms with van der Waals surface area (Å²) in [6, 6.07) is 0. The van der Waals surface area contributed by atoms with Crippen molar-refractivity contribution in [2.45, 2.75) is 457 Å². The van der Waals surface area contributed by atoms with Gasteiger partial charge in [-0.15, -0.1) is 0 Å². The molecule has 0 bridgehead atoms. The van der Waals surface area contributed by atoms with E-state index in [-0.39, 0.29) is 25.6 Å². The fraction of sp³-hybridized carbons (Fsp3) is 0.907. The lowest BCUT2D eigenvalue weighted by Gasteiger charge is -2.24. The van der Waals surface area contributed by atoms with Gasteiger partial charge in [0.2, 0.25) is 0 Å². The predicted molar refractivity (Wildman–Crippen MR) is 418 cm³/mol. The molecule has 0 aliphatic carbocycles. The van der Waals surface area contributed by atoms with Crippen LogP contribution < -0.4 is 0 Å². The van der Waals surface area contributed by atoms with Crippen LogP contribution in [0.2, 0.25) is 0 Å². The Labute approximate surface area is 599 Å². The van der Waals surface area contributed by atoms with Crippen molar-refractivity contribution in [3.8, 4) is 0 Å². The molecule has 568 valence electrons. The van der Waals surface area contributed by atoms with Crippen LogP contribution in [0.5, 0.6) is 0 Å². The van der Waals surface area contributed by atoms with Crippen LogP contribution in [0.3, 0.4) is 0 Å². The maximum absolute atomic E-state index is 12.9. The zero-order chi connectivity index (χ0) is 69.7. The standard InChI is InChI=1S/C86H166NO8P/c1-6-8-10-12-14-16-18-20-22-24-26-28-30-32-34-36-38-40-41-42-43-44-45-47-49-51-53-55-57-59-61-63-65-67-69-71-73-75-77-79-86(89)95-84(83-94-96(90,91)93-81-80-87(3,4)5)82-92-85(88)78-76-74-72-70-68-66-64-62-60-58-56-54-52-50-48-46-39-37-35-33-31-29-27-25-23-21-19-17-15-13-11-9-7-2/h18,20,24-27,84H,6-17,19,21-23,28-83H2,1-5H3/p+1/b20-18-,26-24-,27-25-. The Balaban J connectivity index is 3.86. The Morgan fingerprint density at radius 1 is 0.323 bits per heavy atom. The number of carbonyl (C=O) groups is 2. The first-order valence-electron chi connectivity index (χ1n) is 42.7. The molecule has 0 aliphatic heterocycles. The number of esters is 2. The average molecular weight is 1370 g/mol. The summed E-state index contributed by atoms with van der Waals surface area (Å²) < 4.78 is 34.9. The number of phosphoric ester groups is 1. The fourth-order valence-electron chi connectivity index (χ4n) is 13.1. The highest BCUT2D eigenvalue weighted by Gasteiger charge is 2.27. The molecule has 0 heterocycles. The number of rotatable bonds is 81. The third-order valence-corrected chi connectivity index (χ3v) is 20.6. The maximum Gasteiger partial charge on any atom is 0.472 e. The molecule has 0 saturated heterocycles. The van der Waals surface area contributed by atoms with E-state index in [1.165, 1.54) is 379 Å². The third-order valence-electron chi connectivity index (χ3n) is 19.6. The fourth-order valence-corrected chi connectivity index (χ4v) is 13.9. The van der Waals surface area contributed by atoms with Crippen LogP contribution in [0.4, 0.5) is 0 Å². The summed E-state index contributed by atoms with van der Waals surface area (Å²) in [7, 11) is 1.51. The molecule has 0 aromatic rings. The third kappa shape index (κ3) is 81.2. The van der Waals surface area contributed by atoms with Gasteiger partial charge in [0.25, 0.3) is 0 Å². The van der Waals surface area contributed by atoms with E-state index >= 15 is 0 Å². The van der Waals surface area contributed by atoms with E-state index in [0.717, 1.165) is 44.9 Å². The number of nitrogens with zero attached hydrogens (tertiary/aromatic N) is 1. The first-order chi connectivity index (χ1) is 47.0. The SMILES string of the molecule is CCCCCCC/C=C\C/C=C\CCCCCCCCCCCCCCCCCCCCCCCCCCCCCC(=O)OC(COC(=O)CCCCCCCCCCCCCCCCCCCCCCC/C=C\CCCCCCCCCC)COP(=O)(O)OCC[N+](C)(C)C. The van der Waals surface area contributed by atoms with Crippen molar-refractivity contribution in [3.63, 3.8) is 0 Å². The number of allylic oxidation sites excluding steroid dienone is 6. The van der Waals surface area contributed by atoms with E-state index in [0.29, 0.717) is 17.4 Å². The second-order valence-corrected chi connectivity index (χ2v) is 32.0. The molecule has 0 spiro atoms. The van der Waals surface area contributed by atoms with Crippen LogP contribution >= 0.6 is 7.82 Å². The number of hydrogen-bond acceptors (Lipinski definition) is 7. The van der Waals surface area contributed by atoms with E-state index in [9.17, 15) is 19.0 Å². The minimum absolute atomic E-state index is 0.0358. The van der Waals surface area contributed by atoms with E-state index in [2.05, 4.69) is 50.3 Å². The van der Waals surface area contributed by atoms with Gasteiger partial charge in [0.15, 0.2) is 6.10 Å². The van der Waals surface area contributed by atoms with Gasteiger partial charge in [0.05, 0.1) is 27.7 Å². The van der Waals surface area contributed by atoms with Crippen molar-refractivity contribution in [1.29, 1.82) is 0 Å². The second kappa shape index (κ2) is 77.4. The summed E-state index contributed by atoms with van der Waals surface area (Å²) in [6.07, 6.45) is 102. The van der Waals surface area contributed by atoms with Crippen molar-refractivity contribution < 1.29 is 42.1 Å². The van der Waals surface area contributed by atoms with Gasteiger partial charge in [-0.25, -0.2) is 4.57 Å². The molecule has 10 heteroatoms. The van der Waals surface area contributed by atoms with Crippen molar-refractivity contribution in [1.82, 2.24) is 0 Å². The molecule has 2 unspecified atom stereocenters. The molecule has 0 aromatic heterocycles. The average Bonchev–Trinajstić information content (AvgIpc) is 1.98. The molecule has 0 amide bonds. The van der Waals surface area contributed by atoms with Gasteiger partial charge in [-0.2, -0.15) is 0 Å². The van der Waals surface area contributed by atoms with E-state index < -0.39 is 26.5 Å². The number of phosphoric acid groups is 1. The zero-order valence-electron chi connectivity index (χ0n) is 65.2. The zero-order valence-corrected chi connectivity index (χ0v) is 66.0. The number of hydrogen-bond donors (Lipinski definition) is 1. The number of unbranched alkanes of at least 4 members (excludes halogenated alkanes) is 61. The molecule has 1 N–H and O–H groups in total. The Hall–Kier alpha value is -1.77. The van der Waals surface area contributed by atoms with Crippen molar-refractivity contribution in [2.75, 3.05) is 47.5 Å². The Bertz CT molecular complexity index is 1710.